The molecule has 3 fully saturated rings. The Bertz CT molecular complexity index is 540. The Morgan fingerprint density at radius 1 is 1.40 bits per heavy atom. The predicted molar refractivity (Wildman–Crippen MR) is 78.0 cm³/mol. The first-order chi connectivity index (χ1) is 9.70. The van der Waals surface area contributed by atoms with Gasteiger partial charge in [-0.3, -0.25) is 0 Å². The van der Waals surface area contributed by atoms with Crippen LogP contribution in [0, 0.1) is 30.6 Å². The molecule has 108 valence electrons. The second kappa shape index (κ2) is 4.45. The fraction of sp³-hybridized carbons (Fsp3) is 0.733. The summed E-state index contributed by atoms with van der Waals surface area (Å²) in [5.74, 6) is 3.33. The van der Waals surface area contributed by atoms with Crippen LogP contribution in [0.3, 0.4) is 0 Å². The molecule has 0 saturated heterocycles. The topological polar surface area (TPSA) is 51.2 Å². The number of esters is 1. The molecule has 1 N–H and O–H groups in total. The highest BCUT2D eigenvalue weighted by atomic mass is 32.1. The van der Waals surface area contributed by atoms with Crippen molar-refractivity contribution in [3.8, 4) is 0 Å². The van der Waals surface area contributed by atoms with Crippen molar-refractivity contribution in [3.63, 3.8) is 0 Å². The predicted octanol–water partition coefficient (Wildman–Crippen LogP) is 3.08. The third-order valence-corrected chi connectivity index (χ3v) is 6.25. The van der Waals surface area contributed by atoms with Gasteiger partial charge in [-0.1, -0.05) is 0 Å². The van der Waals surface area contributed by atoms with E-state index < -0.39 is 0 Å². The first-order valence-electron chi connectivity index (χ1n) is 7.60. The van der Waals surface area contributed by atoms with E-state index in [1.165, 1.54) is 30.8 Å². The van der Waals surface area contributed by atoms with Crippen LogP contribution < -0.4 is 5.32 Å². The lowest BCUT2D eigenvalue weighted by Crippen LogP contribution is -2.15. The quantitative estimate of drug-likeness (QED) is 0.866. The van der Waals surface area contributed by atoms with Gasteiger partial charge in [-0.05, 0) is 68.3 Å². The van der Waals surface area contributed by atoms with Gasteiger partial charge < -0.3 is 10.1 Å². The number of fused-ring (bicyclic) bond motifs is 5. The second-order valence-corrected chi connectivity index (χ2v) is 7.12. The van der Waals surface area contributed by atoms with E-state index in [-0.39, 0.29) is 5.97 Å². The summed E-state index contributed by atoms with van der Waals surface area (Å²) in [6.07, 6.45) is 4.27. The van der Waals surface area contributed by atoms with Gasteiger partial charge in [0.15, 0.2) is 0 Å². The van der Waals surface area contributed by atoms with Crippen LogP contribution in [0.1, 0.15) is 42.2 Å². The number of ether oxygens (including phenoxy) is 1. The molecule has 0 spiro atoms. The van der Waals surface area contributed by atoms with Crippen molar-refractivity contribution in [3.05, 3.63) is 11.3 Å². The van der Waals surface area contributed by atoms with E-state index in [1.54, 1.807) is 0 Å². The highest BCUT2D eigenvalue weighted by Gasteiger charge is 2.65. The number of carbonyl (C=O) groups is 1. The SMILES string of the molecule is CCOC(=O)c1c(C)nsc1NC1C2C3CCC(C3)C12. The molecule has 0 amide bonds. The van der Waals surface area contributed by atoms with Crippen molar-refractivity contribution in [1.82, 2.24) is 4.37 Å². The van der Waals surface area contributed by atoms with Gasteiger partial charge >= 0.3 is 5.97 Å². The van der Waals surface area contributed by atoms with Crippen LogP contribution in [0.25, 0.3) is 0 Å². The van der Waals surface area contributed by atoms with Crippen LogP contribution in [0.5, 0.6) is 0 Å². The number of nitrogens with one attached hydrogen (secondary N) is 1. The minimum absolute atomic E-state index is 0.241. The van der Waals surface area contributed by atoms with Crippen LogP contribution in [-0.4, -0.2) is 23.0 Å². The second-order valence-electron chi connectivity index (χ2n) is 6.35. The van der Waals surface area contributed by atoms with E-state index in [0.717, 1.165) is 34.4 Å². The molecule has 1 heterocycles. The Morgan fingerprint density at radius 2 is 2.10 bits per heavy atom. The molecule has 0 aromatic carbocycles. The molecule has 4 unspecified atom stereocenters. The summed E-state index contributed by atoms with van der Waals surface area (Å²) < 4.78 is 9.47. The molecule has 4 nitrogen and oxygen atoms in total. The summed E-state index contributed by atoms with van der Waals surface area (Å²) in [6.45, 7) is 4.13. The number of nitrogens with zero attached hydrogens (tertiary/aromatic N) is 1. The lowest BCUT2D eigenvalue weighted by molar-refractivity contribution is 0.0527. The number of aromatic nitrogens is 1. The van der Waals surface area contributed by atoms with E-state index in [2.05, 4.69) is 9.69 Å². The molecule has 5 heteroatoms. The molecule has 3 aliphatic rings. The smallest absolute Gasteiger partial charge is 0.343 e. The van der Waals surface area contributed by atoms with E-state index in [0.29, 0.717) is 18.2 Å². The Hall–Kier alpha value is -1.10. The number of hydrogen-bond donors (Lipinski definition) is 1. The maximum absolute atomic E-state index is 12.0. The number of aryl methyl sites for hydroxylation is 1. The molecular weight excluding hydrogens is 272 g/mol. The zero-order valence-corrected chi connectivity index (χ0v) is 12.7. The van der Waals surface area contributed by atoms with E-state index in [4.69, 9.17) is 4.74 Å². The van der Waals surface area contributed by atoms with Crippen molar-refractivity contribution in [1.29, 1.82) is 0 Å². The normalized spacial score (nSPS) is 36.8. The van der Waals surface area contributed by atoms with Crippen molar-refractivity contribution < 1.29 is 9.53 Å². The van der Waals surface area contributed by atoms with Gasteiger partial charge in [0.25, 0.3) is 0 Å². The molecule has 1 aromatic rings. The molecule has 2 bridgehead atoms. The lowest BCUT2D eigenvalue weighted by atomic mass is 10.0. The maximum atomic E-state index is 12.0. The molecule has 4 rings (SSSR count). The fourth-order valence-corrected chi connectivity index (χ4v) is 5.41. The third kappa shape index (κ3) is 1.72. The summed E-state index contributed by atoms with van der Waals surface area (Å²) in [6, 6.07) is 0.578. The number of rotatable bonds is 4. The molecular formula is C15H20N2O2S. The molecule has 20 heavy (non-hydrogen) atoms. The lowest BCUT2D eigenvalue weighted by Gasteiger charge is -2.11. The Morgan fingerprint density at radius 3 is 2.75 bits per heavy atom. The highest BCUT2D eigenvalue weighted by Crippen LogP contribution is 2.66. The fourth-order valence-electron chi connectivity index (χ4n) is 4.58. The van der Waals surface area contributed by atoms with E-state index in [9.17, 15) is 4.79 Å². The number of carbonyl (C=O) groups excluding carboxylic acids is 1. The van der Waals surface area contributed by atoms with Crippen molar-refractivity contribution in [2.24, 2.45) is 23.7 Å². The Kier molecular flexibility index (Phi) is 2.81. The van der Waals surface area contributed by atoms with Crippen LogP contribution in [-0.2, 0) is 4.74 Å². The highest BCUT2D eigenvalue weighted by molar-refractivity contribution is 7.10. The number of hydrogen-bond acceptors (Lipinski definition) is 5. The first-order valence-corrected chi connectivity index (χ1v) is 8.38. The molecule has 4 atom stereocenters. The zero-order valence-electron chi connectivity index (χ0n) is 11.9. The molecule has 0 aliphatic heterocycles. The molecule has 3 aliphatic carbocycles. The standard InChI is InChI=1S/C15H20N2O2S/c1-3-19-15(18)10-7(2)17-20-14(10)16-13-11-8-4-5-9(6-8)12(11)13/h8-9,11-13,16H,3-6H2,1-2H3. The largest absolute Gasteiger partial charge is 0.462 e. The minimum Gasteiger partial charge on any atom is -0.462 e. The Labute approximate surface area is 123 Å². The van der Waals surface area contributed by atoms with Gasteiger partial charge in [0, 0.05) is 6.04 Å². The summed E-state index contributed by atoms with van der Waals surface area (Å²) in [7, 11) is 0. The minimum atomic E-state index is -0.241. The number of anilines is 1. The van der Waals surface area contributed by atoms with Gasteiger partial charge in [0.1, 0.15) is 10.6 Å². The van der Waals surface area contributed by atoms with Crippen LogP contribution >= 0.6 is 11.5 Å². The molecule has 0 radical (unpaired) electrons. The van der Waals surface area contributed by atoms with Gasteiger partial charge in [-0.25, -0.2) is 4.79 Å². The summed E-state index contributed by atoms with van der Waals surface area (Å²) in [5, 5.41) is 4.52. The monoisotopic (exact) mass is 292 g/mol. The van der Waals surface area contributed by atoms with E-state index in [1.807, 2.05) is 13.8 Å². The molecule has 1 aromatic heterocycles. The summed E-state index contributed by atoms with van der Waals surface area (Å²) in [4.78, 5) is 12.0. The first kappa shape index (κ1) is 12.6. The Balaban J connectivity index is 1.52. The van der Waals surface area contributed by atoms with E-state index >= 15 is 0 Å². The van der Waals surface area contributed by atoms with Crippen LogP contribution in [0.2, 0.25) is 0 Å². The van der Waals surface area contributed by atoms with Gasteiger partial charge in [0.05, 0.1) is 12.3 Å². The average molecular weight is 292 g/mol. The third-order valence-electron chi connectivity index (χ3n) is 5.38. The average Bonchev–Trinajstić information content (AvgIpc) is 2.80. The van der Waals surface area contributed by atoms with Crippen LogP contribution in [0.4, 0.5) is 5.00 Å². The maximum Gasteiger partial charge on any atom is 0.343 e. The van der Waals surface area contributed by atoms with Gasteiger partial charge in [0.2, 0.25) is 0 Å². The van der Waals surface area contributed by atoms with Crippen molar-refractivity contribution in [2.45, 2.75) is 39.2 Å². The van der Waals surface area contributed by atoms with Gasteiger partial charge in [-0.2, -0.15) is 4.37 Å². The summed E-state index contributed by atoms with van der Waals surface area (Å²) in [5.41, 5.74) is 1.43. The van der Waals surface area contributed by atoms with Crippen molar-refractivity contribution >= 4 is 22.5 Å². The molecule has 3 saturated carbocycles. The van der Waals surface area contributed by atoms with Crippen molar-refractivity contribution in [2.75, 3.05) is 11.9 Å². The van der Waals surface area contributed by atoms with Gasteiger partial charge in [-0.15, -0.1) is 0 Å². The summed E-state index contributed by atoms with van der Waals surface area (Å²) >= 11 is 1.40. The zero-order chi connectivity index (χ0) is 13.9. The van der Waals surface area contributed by atoms with Crippen LogP contribution in [0.15, 0.2) is 0 Å².